The fraction of sp³-hybridized carbons (Fsp3) is 0.0588. The first-order valence-corrected chi connectivity index (χ1v) is 5.77. The van der Waals surface area contributed by atoms with Gasteiger partial charge in [-0.3, -0.25) is 0 Å². The first-order valence-electron chi connectivity index (χ1n) is 5.77. The quantitative estimate of drug-likeness (QED) is 0.662. The van der Waals surface area contributed by atoms with Crippen molar-refractivity contribution in [3.63, 3.8) is 0 Å². The second kappa shape index (κ2) is 5.31. The van der Waals surface area contributed by atoms with Gasteiger partial charge in [-0.1, -0.05) is 73.3 Å². The van der Waals surface area contributed by atoms with Gasteiger partial charge in [0.15, 0.2) is 0 Å². The monoisotopic (exact) mass is 220 g/mol. The van der Waals surface area contributed by atoms with Crippen LogP contribution in [0.25, 0.3) is 5.57 Å². The van der Waals surface area contributed by atoms with E-state index in [1.807, 2.05) is 12.1 Å². The summed E-state index contributed by atoms with van der Waals surface area (Å²) in [6.45, 7) is 5.94. The van der Waals surface area contributed by atoms with Gasteiger partial charge in [-0.15, -0.1) is 0 Å². The van der Waals surface area contributed by atoms with Gasteiger partial charge in [0.1, 0.15) is 0 Å². The lowest BCUT2D eigenvalue weighted by Gasteiger charge is -2.10. The Kier molecular flexibility index (Phi) is 3.56. The molecule has 0 aliphatic carbocycles. The predicted molar refractivity (Wildman–Crippen MR) is 74.9 cm³/mol. The highest BCUT2D eigenvalue weighted by atomic mass is 14.1. The van der Waals surface area contributed by atoms with E-state index in [4.69, 9.17) is 0 Å². The van der Waals surface area contributed by atoms with Crippen LogP contribution in [0.1, 0.15) is 16.7 Å². The van der Waals surface area contributed by atoms with E-state index in [1.54, 1.807) is 0 Å². The van der Waals surface area contributed by atoms with Gasteiger partial charge in [-0.2, -0.15) is 0 Å². The minimum absolute atomic E-state index is 1.22. The molecule has 0 saturated carbocycles. The molecule has 0 heterocycles. The third-order valence-electron chi connectivity index (χ3n) is 2.80. The third kappa shape index (κ3) is 2.54. The molecule has 0 heteroatoms. The van der Waals surface area contributed by atoms with Gasteiger partial charge in [0.25, 0.3) is 0 Å². The molecule has 0 nitrogen and oxygen atoms in total. The number of allylic oxidation sites excluding steroid dienone is 2. The first kappa shape index (κ1) is 11.4. The normalized spacial score (nSPS) is 11.2. The van der Waals surface area contributed by atoms with Crippen molar-refractivity contribution in [3.05, 3.63) is 90.0 Å². The molecule has 0 amide bonds. The van der Waals surface area contributed by atoms with Crippen molar-refractivity contribution in [1.82, 2.24) is 0 Å². The highest BCUT2D eigenvalue weighted by Crippen LogP contribution is 2.25. The topological polar surface area (TPSA) is 0 Å². The van der Waals surface area contributed by atoms with Crippen LogP contribution in [0.5, 0.6) is 0 Å². The van der Waals surface area contributed by atoms with E-state index in [1.165, 1.54) is 22.3 Å². The molecular weight excluding hydrogens is 204 g/mol. The van der Waals surface area contributed by atoms with Gasteiger partial charge in [-0.05, 0) is 29.2 Å². The number of aryl methyl sites for hydroxylation is 1. The Labute approximate surface area is 103 Å². The molecule has 0 saturated heterocycles. The largest absolute Gasteiger partial charge is 0.0990 e. The van der Waals surface area contributed by atoms with Gasteiger partial charge >= 0.3 is 0 Å². The minimum Gasteiger partial charge on any atom is -0.0990 e. The van der Waals surface area contributed by atoms with Crippen LogP contribution < -0.4 is 0 Å². The van der Waals surface area contributed by atoms with Gasteiger partial charge < -0.3 is 0 Å². The highest BCUT2D eigenvalue weighted by Gasteiger charge is 2.05. The second-order valence-corrected chi connectivity index (χ2v) is 4.00. The van der Waals surface area contributed by atoms with Gasteiger partial charge in [-0.25, -0.2) is 0 Å². The molecule has 2 rings (SSSR count). The Balaban J connectivity index is 2.56. The van der Waals surface area contributed by atoms with Crippen LogP contribution >= 0.6 is 0 Å². The summed E-state index contributed by atoms with van der Waals surface area (Å²) in [6.07, 6.45) is 3.91. The van der Waals surface area contributed by atoms with Crippen molar-refractivity contribution >= 4 is 5.57 Å². The molecule has 0 unspecified atom stereocenters. The number of hydrogen-bond donors (Lipinski definition) is 0. The summed E-state index contributed by atoms with van der Waals surface area (Å²) in [5.74, 6) is 0. The zero-order valence-electron chi connectivity index (χ0n) is 10.1. The Hall–Kier alpha value is -2.08. The van der Waals surface area contributed by atoms with Crippen LogP contribution in [0.3, 0.4) is 0 Å². The molecule has 2 aromatic rings. The maximum atomic E-state index is 3.80. The van der Waals surface area contributed by atoms with E-state index < -0.39 is 0 Å². The Morgan fingerprint density at radius 3 is 2.24 bits per heavy atom. The lowest BCUT2D eigenvalue weighted by molar-refractivity contribution is 1.41. The zero-order chi connectivity index (χ0) is 12.1. The van der Waals surface area contributed by atoms with E-state index >= 15 is 0 Å². The molecule has 0 atom stereocenters. The standard InChI is InChI=1S/C17H16/c1-3-9-17(15-11-5-4-6-12-15)16-13-8-7-10-14(16)2/h3-13H,1H2,2H3. The molecule has 17 heavy (non-hydrogen) atoms. The summed E-state index contributed by atoms with van der Waals surface area (Å²) in [5, 5.41) is 0. The molecule has 0 aliphatic heterocycles. The summed E-state index contributed by atoms with van der Waals surface area (Å²) < 4.78 is 0. The van der Waals surface area contributed by atoms with Gasteiger partial charge in [0, 0.05) is 0 Å². The van der Waals surface area contributed by atoms with Crippen LogP contribution in [-0.4, -0.2) is 0 Å². The Bertz CT molecular complexity index is 533. The smallest absolute Gasteiger partial charge is 0.0109 e. The maximum absolute atomic E-state index is 3.80. The lowest BCUT2D eigenvalue weighted by atomic mass is 9.94. The van der Waals surface area contributed by atoms with E-state index in [0.29, 0.717) is 0 Å². The summed E-state index contributed by atoms with van der Waals surface area (Å²) in [6, 6.07) is 18.8. The second-order valence-electron chi connectivity index (χ2n) is 4.00. The fourth-order valence-electron chi connectivity index (χ4n) is 1.95. The van der Waals surface area contributed by atoms with Crippen molar-refractivity contribution in [1.29, 1.82) is 0 Å². The van der Waals surface area contributed by atoms with Crippen molar-refractivity contribution < 1.29 is 0 Å². The van der Waals surface area contributed by atoms with Gasteiger partial charge in [0.2, 0.25) is 0 Å². The van der Waals surface area contributed by atoms with E-state index in [9.17, 15) is 0 Å². The Morgan fingerprint density at radius 1 is 0.941 bits per heavy atom. The third-order valence-corrected chi connectivity index (χ3v) is 2.80. The summed E-state index contributed by atoms with van der Waals surface area (Å²) in [7, 11) is 0. The van der Waals surface area contributed by atoms with Crippen LogP contribution in [0, 0.1) is 6.92 Å². The number of hydrogen-bond acceptors (Lipinski definition) is 0. The van der Waals surface area contributed by atoms with E-state index in [2.05, 4.69) is 68.1 Å². The van der Waals surface area contributed by atoms with Crippen LogP contribution in [-0.2, 0) is 0 Å². The Morgan fingerprint density at radius 2 is 1.59 bits per heavy atom. The van der Waals surface area contributed by atoms with E-state index in [-0.39, 0.29) is 0 Å². The van der Waals surface area contributed by atoms with E-state index in [0.717, 1.165) is 0 Å². The first-order chi connectivity index (χ1) is 8.33. The minimum atomic E-state index is 1.22. The molecule has 0 aromatic heterocycles. The predicted octanol–water partition coefficient (Wildman–Crippen LogP) is 4.61. The molecule has 0 bridgehead atoms. The van der Waals surface area contributed by atoms with Crippen LogP contribution in [0.2, 0.25) is 0 Å². The summed E-state index contributed by atoms with van der Waals surface area (Å²) >= 11 is 0. The van der Waals surface area contributed by atoms with Crippen LogP contribution in [0.15, 0.2) is 73.3 Å². The molecule has 0 spiro atoms. The van der Waals surface area contributed by atoms with Crippen LogP contribution in [0.4, 0.5) is 0 Å². The molecular formula is C17H16. The average Bonchev–Trinajstić information content (AvgIpc) is 2.38. The number of benzene rings is 2. The summed E-state index contributed by atoms with van der Waals surface area (Å²) in [5.41, 5.74) is 4.99. The van der Waals surface area contributed by atoms with Crippen molar-refractivity contribution in [2.45, 2.75) is 6.92 Å². The number of rotatable bonds is 3. The molecule has 0 fully saturated rings. The lowest BCUT2D eigenvalue weighted by Crippen LogP contribution is -1.90. The molecule has 0 radical (unpaired) electrons. The molecule has 0 N–H and O–H groups in total. The van der Waals surface area contributed by atoms with Crippen molar-refractivity contribution in [3.8, 4) is 0 Å². The fourth-order valence-corrected chi connectivity index (χ4v) is 1.95. The molecule has 2 aromatic carbocycles. The molecule has 84 valence electrons. The highest BCUT2D eigenvalue weighted by molar-refractivity contribution is 5.82. The van der Waals surface area contributed by atoms with Crippen molar-refractivity contribution in [2.24, 2.45) is 0 Å². The maximum Gasteiger partial charge on any atom is -0.0109 e. The van der Waals surface area contributed by atoms with Crippen molar-refractivity contribution in [2.75, 3.05) is 0 Å². The zero-order valence-corrected chi connectivity index (χ0v) is 10.1. The summed E-state index contributed by atoms with van der Waals surface area (Å²) in [4.78, 5) is 0. The SMILES string of the molecule is C=CC=C(c1ccccc1)c1ccccc1C. The van der Waals surface area contributed by atoms with Gasteiger partial charge in [0.05, 0.1) is 0 Å². The molecule has 0 aliphatic rings. The average molecular weight is 220 g/mol.